The number of hydrogen-bond acceptors (Lipinski definition) is 5. The Bertz CT molecular complexity index is 246. The van der Waals surface area contributed by atoms with Crippen LogP contribution in [0.15, 0.2) is 0 Å². The monoisotopic (exact) mass is 363 g/mol. The molecule has 0 heterocycles. The van der Waals surface area contributed by atoms with Crippen LogP contribution in [0.5, 0.6) is 0 Å². The van der Waals surface area contributed by atoms with Crippen LogP contribution in [-0.2, 0) is 19.0 Å². The van der Waals surface area contributed by atoms with E-state index in [-0.39, 0.29) is 5.78 Å². The molecule has 0 spiro atoms. The van der Waals surface area contributed by atoms with Gasteiger partial charge in [-0.15, -0.1) is 0 Å². The lowest BCUT2D eigenvalue weighted by Gasteiger charge is -2.20. The summed E-state index contributed by atoms with van der Waals surface area (Å²) in [4.78, 5) is 12.9. The van der Waals surface area contributed by atoms with Crippen molar-refractivity contribution in [2.24, 2.45) is 0 Å². The van der Waals surface area contributed by atoms with Crippen molar-refractivity contribution in [1.82, 2.24) is 4.90 Å². The van der Waals surface area contributed by atoms with Gasteiger partial charge in [0, 0.05) is 19.0 Å². The van der Waals surface area contributed by atoms with Crippen LogP contribution in [0.4, 0.5) is 0 Å². The van der Waals surface area contributed by atoms with E-state index in [0.717, 1.165) is 13.2 Å². The first-order chi connectivity index (χ1) is 12.0. The van der Waals surface area contributed by atoms with E-state index in [1.54, 1.807) is 6.92 Å². The fourth-order valence-corrected chi connectivity index (χ4v) is 1.22. The topological polar surface area (TPSA) is 48.0 Å². The average Bonchev–Trinajstić information content (AvgIpc) is 2.61. The number of carbonyl (C=O) groups excluding carboxylic acids is 1. The second-order valence-electron chi connectivity index (χ2n) is 5.86. The van der Waals surface area contributed by atoms with Gasteiger partial charge in [0.25, 0.3) is 0 Å². The van der Waals surface area contributed by atoms with Crippen LogP contribution in [0.1, 0.15) is 67.7 Å². The van der Waals surface area contributed by atoms with Crippen molar-refractivity contribution in [2.45, 2.75) is 73.8 Å². The fraction of sp³-hybridized carbons (Fsp3) is 0.950. The number of ketones is 1. The molecule has 5 heteroatoms. The third kappa shape index (κ3) is 31.7. The highest BCUT2D eigenvalue weighted by Gasteiger charge is 2.01. The average molecular weight is 364 g/mol. The molecule has 0 bridgehead atoms. The summed E-state index contributed by atoms with van der Waals surface area (Å²) in [6, 6.07) is 0.548. The van der Waals surface area contributed by atoms with Crippen molar-refractivity contribution >= 4 is 5.78 Å². The Hall–Kier alpha value is -0.490. The van der Waals surface area contributed by atoms with Crippen molar-refractivity contribution in [3.63, 3.8) is 0 Å². The first kappa shape index (κ1) is 29.3. The third-order valence-corrected chi connectivity index (χ3v) is 3.31. The number of unbranched alkanes of at least 4 members (excludes halogenated alkanes) is 1. The first-order valence-corrected chi connectivity index (χ1v) is 9.88. The van der Waals surface area contributed by atoms with Crippen LogP contribution in [0.25, 0.3) is 0 Å². The highest BCUT2D eigenvalue weighted by molar-refractivity contribution is 5.75. The maximum Gasteiger partial charge on any atom is 0.132 e. The molecular formula is C20H45NO4. The SMILES string of the molecule is CC.CC(=O)CCOCCOCCOCCN(C)C(C)C.CCCC. The Labute approximate surface area is 157 Å². The van der Waals surface area contributed by atoms with Crippen LogP contribution in [0.3, 0.4) is 0 Å². The molecule has 0 fully saturated rings. The van der Waals surface area contributed by atoms with Gasteiger partial charge in [-0.1, -0.05) is 40.5 Å². The van der Waals surface area contributed by atoms with Crippen LogP contribution < -0.4 is 0 Å². The molecule has 0 amide bonds. The summed E-state index contributed by atoms with van der Waals surface area (Å²) >= 11 is 0. The van der Waals surface area contributed by atoms with E-state index in [0.29, 0.717) is 45.5 Å². The number of Topliss-reactive ketones (excluding diaryl/α,β-unsaturated/α-hetero) is 1. The molecule has 154 valence electrons. The van der Waals surface area contributed by atoms with E-state index >= 15 is 0 Å². The van der Waals surface area contributed by atoms with E-state index in [1.165, 1.54) is 12.8 Å². The van der Waals surface area contributed by atoms with Crippen molar-refractivity contribution < 1.29 is 19.0 Å². The molecule has 5 nitrogen and oxygen atoms in total. The number of nitrogens with zero attached hydrogens (tertiary/aromatic N) is 1. The van der Waals surface area contributed by atoms with Gasteiger partial charge in [0.05, 0.1) is 39.6 Å². The van der Waals surface area contributed by atoms with Crippen molar-refractivity contribution in [2.75, 3.05) is 53.2 Å². The van der Waals surface area contributed by atoms with Gasteiger partial charge in [-0.2, -0.15) is 0 Å². The largest absolute Gasteiger partial charge is 0.379 e. The molecule has 0 N–H and O–H groups in total. The summed E-state index contributed by atoms with van der Waals surface area (Å²) < 4.78 is 16.0. The van der Waals surface area contributed by atoms with Crippen molar-refractivity contribution in [3.8, 4) is 0 Å². The first-order valence-electron chi connectivity index (χ1n) is 9.88. The maximum absolute atomic E-state index is 10.6. The lowest BCUT2D eigenvalue weighted by atomic mass is 10.3. The Kier molecular flexibility index (Phi) is 30.2. The molecule has 0 aliphatic rings. The summed E-state index contributed by atoms with van der Waals surface area (Å²) in [6.07, 6.45) is 3.12. The summed E-state index contributed by atoms with van der Waals surface area (Å²) in [5, 5.41) is 0. The Morgan fingerprint density at radius 1 is 0.840 bits per heavy atom. The van der Waals surface area contributed by atoms with Gasteiger partial charge in [-0.3, -0.25) is 4.79 Å². The Morgan fingerprint density at radius 2 is 1.24 bits per heavy atom. The minimum absolute atomic E-state index is 0.153. The summed E-state index contributed by atoms with van der Waals surface area (Å²) in [5.74, 6) is 0.153. The number of likely N-dealkylation sites (N-methyl/N-ethyl adjacent to an activating group) is 1. The lowest BCUT2D eigenvalue weighted by molar-refractivity contribution is -0.118. The van der Waals surface area contributed by atoms with Gasteiger partial charge in [0.15, 0.2) is 0 Å². The molecule has 0 aromatic rings. The Balaban J connectivity index is -0.000000701. The van der Waals surface area contributed by atoms with Gasteiger partial charge in [-0.25, -0.2) is 0 Å². The van der Waals surface area contributed by atoms with Gasteiger partial charge in [0.2, 0.25) is 0 Å². The number of carbonyl (C=O) groups is 1. The maximum atomic E-state index is 10.6. The molecule has 0 aliphatic heterocycles. The van der Waals surface area contributed by atoms with Crippen LogP contribution in [0.2, 0.25) is 0 Å². The van der Waals surface area contributed by atoms with Gasteiger partial charge in [0.1, 0.15) is 5.78 Å². The molecule has 0 aromatic heterocycles. The zero-order valence-corrected chi connectivity index (χ0v) is 18.2. The zero-order chi connectivity index (χ0) is 19.9. The van der Waals surface area contributed by atoms with Crippen LogP contribution in [0, 0.1) is 0 Å². The minimum Gasteiger partial charge on any atom is -0.379 e. The quantitative estimate of drug-likeness (QED) is 0.433. The predicted octanol–water partition coefficient (Wildman–Crippen LogP) is 4.19. The van der Waals surface area contributed by atoms with E-state index in [2.05, 4.69) is 39.6 Å². The minimum atomic E-state index is 0.153. The van der Waals surface area contributed by atoms with Crippen LogP contribution in [-0.4, -0.2) is 70.0 Å². The highest BCUT2D eigenvalue weighted by Crippen LogP contribution is 1.92. The molecular weight excluding hydrogens is 318 g/mol. The summed E-state index contributed by atoms with van der Waals surface area (Å²) in [5.41, 5.74) is 0. The normalized spacial score (nSPS) is 10.2. The lowest BCUT2D eigenvalue weighted by Crippen LogP contribution is -2.30. The molecule has 0 saturated carbocycles. The highest BCUT2D eigenvalue weighted by atomic mass is 16.5. The number of rotatable bonds is 14. The van der Waals surface area contributed by atoms with Gasteiger partial charge < -0.3 is 19.1 Å². The number of hydrogen-bond donors (Lipinski definition) is 0. The molecule has 0 aromatic carbocycles. The summed E-state index contributed by atoms with van der Waals surface area (Å²) in [7, 11) is 2.09. The van der Waals surface area contributed by atoms with Gasteiger partial charge in [-0.05, 0) is 27.8 Å². The third-order valence-electron chi connectivity index (χ3n) is 3.31. The van der Waals surface area contributed by atoms with Crippen molar-refractivity contribution in [1.29, 1.82) is 0 Å². The van der Waals surface area contributed by atoms with Crippen molar-refractivity contribution in [3.05, 3.63) is 0 Å². The van der Waals surface area contributed by atoms with E-state index in [9.17, 15) is 4.79 Å². The van der Waals surface area contributed by atoms with Gasteiger partial charge >= 0.3 is 0 Å². The summed E-state index contributed by atoms with van der Waals surface area (Å²) in [6.45, 7) is 18.7. The molecule has 0 unspecified atom stereocenters. The molecule has 0 radical (unpaired) electrons. The number of ether oxygens (including phenoxy) is 3. The standard InChI is InChI=1S/C14H29NO4.C4H10.C2H6/c1-13(2)15(4)6-8-18-10-12-19-11-9-17-7-5-14(3)16;1-3-4-2;1-2/h13H,5-12H2,1-4H3;3-4H2,1-2H3;1-2H3. The molecule has 0 atom stereocenters. The van der Waals surface area contributed by atoms with Crippen LogP contribution >= 0.6 is 0 Å². The predicted molar refractivity (Wildman–Crippen MR) is 107 cm³/mol. The molecule has 0 rings (SSSR count). The van der Waals surface area contributed by atoms with E-state index < -0.39 is 0 Å². The zero-order valence-electron chi connectivity index (χ0n) is 18.2. The second kappa shape index (κ2) is 25.7. The fourth-order valence-electron chi connectivity index (χ4n) is 1.22. The molecule has 0 aliphatic carbocycles. The van der Waals surface area contributed by atoms with E-state index in [1.807, 2.05) is 13.8 Å². The molecule has 0 saturated heterocycles. The second-order valence-corrected chi connectivity index (χ2v) is 5.86. The molecule has 25 heavy (non-hydrogen) atoms. The smallest absolute Gasteiger partial charge is 0.132 e. The Morgan fingerprint density at radius 3 is 1.60 bits per heavy atom. The van der Waals surface area contributed by atoms with E-state index in [4.69, 9.17) is 14.2 Å².